The molecule has 0 unspecified atom stereocenters. The Bertz CT molecular complexity index is 809. The lowest BCUT2D eigenvalue weighted by atomic mass is 10.2. The Morgan fingerprint density at radius 2 is 1.85 bits per heavy atom. The van der Waals surface area contributed by atoms with E-state index in [1.54, 1.807) is 6.07 Å². The number of carboxylic acids is 1. The van der Waals surface area contributed by atoms with Crippen LogP contribution in [0, 0.1) is 11.6 Å². The summed E-state index contributed by atoms with van der Waals surface area (Å²) in [7, 11) is 0. The number of fused-ring (bicyclic) bond motifs is 1. The van der Waals surface area contributed by atoms with Gasteiger partial charge in [0.05, 0.1) is 11.3 Å². The van der Waals surface area contributed by atoms with Crippen LogP contribution in [0.4, 0.5) is 8.78 Å². The van der Waals surface area contributed by atoms with Gasteiger partial charge >= 0.3 is 5.97 Å². The first-order valence-corrected chi connectivity index (χ1v) is 5.60. The lowest BCUT2D eigenvalue weighted by molar-refractivity contribution is 0.0698. The molecule has 0 radical (unpaired) electrons. The van der Waals surface area contributed by atoms with Crippen molar-refractivity contribution in [1.29, 1.82) is 0 Å². The van der Waals surface area contributed by atoms with E-state index in [2.05, 4.69) is 10.3 Å². The average molecular weight is 275 g/mol. The molecule has 0 saturated carbocycles. The number of nitrogens with zero attached hydrogens (tertiary/aromatic N) is 3. The third-order valence-electron chi connectivity index (χ3n) is 2.79. The zero-order valence-electron chi connectivity index (χ0n) is 9.92. The summed E-state index contributed by atoms with van der Waals surface area (Å²) >= 11 is 0. The van der Waals surface area contributed by atoms with E-state index in [9.17, 15) is 13.6 Å². The van der Waals surface area contributed by atoms with Crippen LogP contribution in [0.2, 0.25) is 0 Å². The van der Waals surface area contributed by atoms with Crippen LogP contribution in [-0.2, 0) is 0 Å². The molecule has 0 bridgehead atoms. The van der Waals surface area contributed by atoms with E-state index in [-0.39, 0.29) is 16.8 Å². The third-order valence-corrected chi connectivity index (χ3v) is 2.79. The molecule has 100 valence electrons. The number of para-hydroxylation sites is 1. The van der Waals surface area contributed by atoms with Gasteiger partial charge in [0.2, 0.25) is 0 Å². The molecule has 0 fully saturated rings. The van der Waals surface area contributed by atoms with E-state index < -0.39 is 17.6 Å². The summed E-state index contributed by atoms with van der Waals surface area (Å²) in [4.78, 5) is 11.2. The Balaban J connectivity index is 2.34. The minimum Gasteiger partial charge on any atom is -0.478 e. The number of carbonyl (C=O) groups is 1. The predicted molar refractivity (Wildman–Crippen MR) is 65.7 cm³/mol. The average Bonchev–Trinajstić information content (AvgIpc) is 2.80. The van der Waals surface area contributed by atoms with Crippen molar-refractivity contribution in [3.8, 4) is 5.69 Å². The van der Waals surface area contributed by atoms with Crippen LogP contribution in [-0.4, -0.2) is 26.1 Å². The molecule has 1 aromatic heterocycles. The molecule has 1 heterocycles. The van der Waals surface area contributed by atoms with E-state index >= 15 is 0 Å². The highest BCUT2D eigenvalue weighted by molar-refractivity contribution is 6.01. The van der Waals surface area contributed by atoms with Gasteiger partial charge in [-0.15, -0.1) is 5.10 Å². The monoisotopic (exact) mass is 275 g/mol. The molecule has 0 aliphatic heterocycles. The van der Waals surface area contributed by atoms with Gasteiger partial charge in [0.1, 0.15) is 22.7 Å². The lowest BCUT2D eigenvalue weighted by Gasteiger charge is -2.05. The Morgan fingerprint density at radius 1 is 1.15 bits per heavy atom. The Morgan fingerprint density at radius 3 is 2.50 bits per heavy atom. The number of carboxylic acid groups (broad SMARTS) is 1. The van der Waals surface area contributed by atoms with Crippen molar-refractivity contribution < 1.29 is 18.7 Å². The summed E-state index contributed by atoms with van der Waals surface area (Å²) in [6.45, 7) is 0. The summed E-state index contributed by atoms with van der Waals surface area (Å²) in [5, 5.41) is 16.7. The molecule has 20 heavy (non-hydrogen) atoms. The fourth-order valence-corrected chi connectivity index (χ4v) is 1.99. The second kappa shape index (κ2) is 4.37. The van der Waals surface area contributed by atoms with Gasteiger partial charge in [0, 0.05) is 6.07 Å². The molecule has 3 rings (SSSR count). The number of halogens is 2. The van der Waals surface area contributed by atoms with Gasteiger partial charge in [-0.3, -0.25) is 0 Å². The molecule has 1 N–H and O–H groups in total. The maximum absolute atomic E-state index is 13.3. The van der Waals surface area contributed by atoms with Crippen molar-refractivity contribution in [2.75, 3.05) is 0 Å². The maximum Gasteiger partial charge on any atom is 0.337 e. The molecule has 0 amide bonds. The number of aromatic nitrogens is 3. The fraction of sp³-hybridized carbons (Fsp3) is 0. The number of hydrogen-bond donors (Lipinski definition) is 1. The Kier molecular flexibility index (Phi) is 2.67. The second-order valence-electron chi connectivity index (χ2n) is 4.11. The molecule has 7 heteroatoms. The molecule has 0 saturated heterocycles. The van der Waals surface area contributed by atoms with E-state index in [0.717, 1.165) is 22.9 Å². The van der Waals surface area contributed by atoms with Crippen LogP contribution >= 0.6 is 0 Å². The van der Waals surface area contributed by atoms with Crippen LogP contribution in [0.3, 0.4) is 0 Å². The van der Waals surface area contributed by atoms with Crippen molar-refractivity contribution in [3.05, 3.63) is 53.6 Å². The normalized spacial score (nSPS) is 10.9. The topological polar surface area (TPSA) is 68.0 Å². The first-order chi connectivity index (χ1) is 9.56. The highest BCUT2D eigenvalue weighted by Crippen LogP contribution is 2.21. The van der Waals surface area contributed by atoms with Crippen molar-refractivity contribution >= 4 is 17.0 Å². The smallest absolute Gasteiger partial charge is 0.337 e. The minimum atomic E-state index is -1.17. The summed E-state index contributed by atoms with van der Waals surface area (Å²) in [5.74, 6) is -2.73. The maximum atomic E-state index is 13.3. The minimum absolute atomic E-state index is 0.0443. The van der Waals surface area contributed by atoms with Crippen molar-refractivity contribution in [2.45, 2.75) is 0 Å². The van der Waals surface area contributed by atoms with Gasteiger partial charge in [0.15, 0.2) is 0 Å². The van der Waals surface area contributed by atoms with Crippen molar-refractivity contribution in [1.82, 2.24) is 15.0 Å². The predicted octanol–water partition coefficient (Wildman–Crippen LogP) is 2.40. The molecule has 0 aliphatic rings. The molecule has 0 aliphatic carbocycles. The van der Waals surface area contributed by atoms with Crippen LogP contribution in [0.15, 0.2) is 36.4 Å². The largest absolute Gasteiger partial charge is 0.478 e. The molecule has 3 aromatic rings. The summed E-state index contributed by atoms with van der Waals surface area (Å²) in [5.41, 5.74) is 0.537. The van der Waals surface area contributed by atoms with Gasteiger partial charge in [-0.25, -0.2) is 18.3 Å². The van der Waals surface area contributed by atoms with Gasteiger partial charge in [-0.2, -0.15) is 0 Å². The van der Waals surface area contributed by atoms with E-state index in [1.807, 2.05) is 0 Å². The molecule has 0 spiro atoms. The number of hydrogen-bond acceptors (Lipinski definition) is 3. The van der Waals surface area contributed by atoms with Gasteiger partial charge in [-0.05, 0) is 24.3 Å². The lowest BCUT2D eigenvalue weighted by Crippen LogP contribution is -2.04. The van der Waals surface area contributed by atoms with Crippen molar-refractivity contribution in [2.24, 2.45) is 0 Å². The summed E-state index contributed by atoms with van der Waals surface area (Å²) < 4.78 is 27.6. The summed E-state index contributed by atoms with van der Waals surface area (Å²) in [6.07, 6.45) is 0. The quantitative estimate of drug-likeness (QED) is 0.779. The standard InChI is InChI=1S/C13H7F2N3O2/c14-7-4-8(15)6-9(5-7)18-12-10(13(19)20)2-1-3-11(12)16-17-18/h1-6H,(H,19,20). The summed E-state index contributed by atoms with van der Waals surface area (Å²) in [6, 6.07) is 7.30. The van der Waals surface area contributed by atoms with Crippen LogP contribution in [0.25, 0.3) is 16.7 Å². The molecular weight excluding hydrogens is 268 g/mol. The highest BCUT2D eigenvalue weighted by atomic mass is 19.1. The second-order valence-corrected chi connectivity index (χ2v) is 4.11. The van der Waals surface area contributed by atoms with Crippen LogP contribution in [0.1, 0.15) is 10.4 Å². The van der Waals surface area contributed by atoms with E-state index in [4.69, 9.17) is 5.11 Å². The van der Waals surface area contributed by atoms with Gasteiger partial charge in [0.25, 0.3) is 0 Å². The third kappa shape index (κ3) is 1.89. The first kappa shape index (κ1) is 12.2. The molecule has 0 atom stereocenters. The van der Waals surface area contributed by atoms with E-state index in [1.165, 1.54) is 12.1 Å². The number of rotatable bonds is 2. The SMILES string of the molecule is O=C(O)c1cccc2nnn(-c3cc(F)cc(F)c3)c12. The highest BCUT2D eigenvalue weighted by Gasteiger charge is 2.16. The Labute approximate surface area is 111 Å². The van der Waals surface area contributed by atoms with Gasteiger partial charge < -0.3 is 5.11 Å². The van der Waals surface area contributed by atoms with Crippen LogP contribution < -0.4 is 0 Å². The van der Waals surface area contributed by atoms with Crippen LogP contribution in [0.5, 0.6) is 0 Å². The zero-order chi connectivity index (χ0) is 14.3. The van der Waals surface area contributed by atoms with Crippen molar-refractivity contribution in [3.63, 3.8) is 0 Å². The molecule has 2 aromatic carbocycles. The van der Waals surface area contributed by atoms with Gasteiger partial charge in [-0.1, -0.05) is 11.3 Å². The number of aromatic carboxylic acids is 1. The van der Waals surface area contributed by atoms with E-state index in [0.29, 0.717) is 5.52 Å². The zero-order valence-corrected chi connectivity index (χ0v) is 9.92. The Hall–Kier alpha value is -2.83. The molecular formula is C13H7F2N3O2. The fourth-order valence-electron chi connectivity index (χ4n) is 1.99. The first-order valence-electron chi connectivity index (χ1n) is 5.60. The molecule has 5 nitrogen and oxygen atoms in total. The number of benzene rings is 2.